The van der Waals surface area contributed by atoms with Crippen molar-refractivity contribution in [1.29, 1.82) is 0 Å². The van der Waals surface area contributed by atoms with Crippen LogP contribution in [0.5, 0.6) is 5.75 Å². The second-order valence-corrected chi connectivity index (χ2v) is 9.86. The van der Waals surface area contributed by atoms with Crippen LogP contribution in [0.15, 0.2) is 49.0 Å². The topological polar surface area (TPSA) is 142 Å². The van der Waals surface area contributed by atoms with E-state index in [0.29, 0.717) is 23.5 Å². The van der Waals surface area contributed by atoms with Crippen LogP contribution in [0.4, 0.5) is 10.3 Å². The Morgan fingerprint density at radius 3 is 2.70 bits per heavy atom. The molecule has 1 aliphatic rings. The normalized spacial score (nSPS) is 15.2. The molecular formula is C27H30ClFN6O5. The maximum absolute atomic E-state index is 14.1. The number of benzene rings is 1. The number of ether oxygens (including phenoxy) is 1. The van der Waals surface area contributed by atoms with Crippen LogP contribution in [0.3, 0.4) is 0 Å². The molecule has 40 heavy (non-hydrogen) atoms. The van der Waals surface area contributed by atoms with E-state index in [2.05, 4.69) is 27.2 Å². The Bertz CT molecular complexity index is 1450. The molecular weight excluding hydrogens is 543 g/mol. The Morgan fingerprint density at radius 1 is 1.27 bits per heavy atom. The van der Waals surface area contributed by atoms with Gasteiger partial charge in [-0.05, 0) is 37.6 Å². The van der Waals surface area contributed by atoms with Crippen molar-refractivity contribution in [2.45, 2.75) is 38.5 Å². The first-order valence-electron chi connectivity index (χ1n) is 12.5. The van der Waals surface area contributed by atoms with E-state index in [0.717, 1.165) is 6.07 Å². The Hall–Kier alpha value is -4.16. The second-order valence-electron chi connectivity index (χ2n) is 9.46. The number of methoxy groups -OCH3 is 1. The van der Waals surface area contributed by atoms with Crippen molar-refractivity contribution in [3.63, 3.8) is 0 Å². The summed E-state index contributed by atoms with van der Waals surface area (Å²) in [5.41, 5.74) is 1.57. The molecule has 4 N–H and O–H groups in total. The number of hydrogen-bond donors (Lipinski definition) is 4. The molecule has 212 valence electrons. The van der Waals surface area contributed by atoms with E-state index in [1.165, 1.54) is 30.3 Å². The van der Waals surface area contributed by atoms with E-state index in [9.17, 15) is 24.2 Å². The van der Waals surface area contributed by atoms with Gasteiger partial charge in [0.1, 0.15) is 35.1 Å². The molecule has 3 aromatic rings. The van der Waals surface area contributed by atoms with E-state index in [1.54, 1.807) is 30.7 Å². The Kier molecular flexibility index (Phi) is 8.60. The van der Waals surface area contributed by atoms with Crippen LogP contribution >= 0.6 is 11.6 Å². The molecule has 4 rings (SSSR count). The van der Waals surface area contributed by atoms with Gasteiger partial charge >= 0.3 is 0 Å². The molecule has 0 bridgehead atoms. The Labute approximate surface area is 235 Å². The first-order chi connectivity index (χ1) is 19.0. The Balaban J connectivity index is 1.54. The van der Waals surface area contributed by atoms with E-state index in [4.69, 9.17) is 16.3 Å². The third-order valence-corrected chi connectivity index (χ3v) is 6.83. The fourth-order valence-electron chi connectivity index (χ4n) is 4.38. The van der Waals surface area contributed by atoms with Crippen LogP contribution in [0.2, 0.25) is 5.02 Å². The van der Waals surface area contributed by atoms with Gasteiger partial charge in [-0.2, -0.15) is 0 Å². The highest BCUT2D eigenvalue weighted by molar-refractivity contribution is 6.33. The summed E-state index contributed by atoms with van der Waals surface area (Å²) in [4.78, 5) is 36.6. The third-order valence-electron chi connectivity index (χ3n) is 6.55. The number of nitrogens with one attached hydrogen (secondary N) is 2. The number of hydrogen-bond acceptors (Lipinski definition) is 8. The highest BCUT2D eigenvalue weighted by Gasteiger charge is 2.34. The number of amides is 2. The van der Waals surface area contributed by atoms with Crippen LogP contribution in [0.25, 0.3) is 11.3 Å². The van der Waals surface area contributed by atoms with Crippen LogP contribution < -0.4 is 15.4 Å². The maximum Gasteiger partial charge on any atom is 0.271 e. The highest BCUT2D eigenvalue weighted by Crippen LogP contribution is 2.30. The van der Waals surface area contributed by atoms with E-state index in [1.807, 2.05) is 0 Å². The van der Waals surface area contributed by atoms with Crippen LogP contribution in [0, 0.1) is 5.82 Å². The monoisotopic (exact) mass is 572 g/mol. The smallest absolute Gasteiger partial charge is 0.271 e. The quantitative estimate of drug-likeness (QED) is 0.271. The van der Waals surface area contributed by atoms with Crippen molar-refractivity contribution < 1.29 is 28.9 Å². The SMILES string of the molecule is C=C(O)[C@@H](NC(=O)[C@@H](C)N1CCn2cc(-c3nc(N[C@@H](C)CO)ncc3Cl)cc2C1=O)c1cc(F)cc(OC)c1. The minimum absolute atomic E-state index is 0.110. The summed E-state index contributed by atoms with van der Waals surface area (Å²) in [7, 11) is 1.37. The van der Waals surface area contributed by atoms with Crippen molar-refractivity contribution >= 4 is 29.4 Å². The van der Waals surface area contributed by atoms with Crippen molar-refractivity contribution in [1.82, 2.24) is 24.8 Å². The number of fused-ring (bicyclic) bond motifs is 1. The lowest BCUT2D eigenvalue weighted by Gasteiger charge is -2.33. The van der Waals surface area contributed by atoms with E-state index in [-0.39, 0.29) is 47.4 Å². The van der Waals surface area contributed by atoms with Crippen molar-refractivity contribution in [3.8, 4) is 17.0 Å². The predicted molar refractivity (Wildman–Crippen MR) is 147 cm³/mol. The summed E-state index contributed by atoms with van der Waals surface area (Å²) in [6.07, 6.45) is 3.19. The largest absolute Gasteiger partial charge is 0.510 e. The molecule has 1 aliphatic heterocycles. The summed E-state index contributed by atoms with van der Waals surface area (Å²) in [6.45, 7) is 7.39. The zero-order valence-electron chi connectivity index (χ0n) is 22.2. The number of aromatic nitrogens is 3. The average molecular weight is 573 g/mol. The minimum atomic E-state index is -1.12. The van der Waals surface area contributed by atoms with Crippen LogP contribution in [-0.2, 0) is 11.3 Å². The van der Waals surface area contributed by atoms with Crippen LogP contribution in [0.1, 0.15) is 35.9 Å². The minimum Gasteiger partial charge on any atom is -0.510 e. The zero-order valence-corrected chi connectivity index (χ0v) is 22.9. The lowest BCUT2D eigenvalue weighted by atomic mass is 10.0. The highest BCUT2D eigenvalue weighted by atomic mass is 35.5. The van der Waals surface area contributed by atoms with Crippen molar-refractivity contribution in [2.24, 2.45) is 0 Å². The molecule has 0 unspecified atom stereocenters. The third kappa shape index (κ3) is 6.02. The standard InChI is InChI=1S/C27H30ClFN6O5/c1-14(13-36)31-27-30-11-21(28)24(33-27)18-9-22-26(39)35(6-5-34(22)12-18)15(2)25(38)32-23(16(3)37)17-7-19(29)10-20(8-17)40-4/h7-12,14-15,23,36-37H,3,5-6,13H2,1-2,4H3,(H,32,38)(H,30,31,33)/t14-,15+,23+/m0/s1. The molecule has 0 radical (unpaired) electrons. The number of carbonyl (C=O) groups is 2. The van der Waals surface area contributed by atoms with Gasteiger partial charge in [0.2, 0.25) is 11.9 Å². The molecule has 2 aromatic heterocycles. The molecule has 3 atom stereocenters. The van der Waals surface area contributed by atoms with E-state index < -0.39 is 29.6 Å². The van der Waals surface area contributed by atoms with Gasteiger partial charge in [0, 0.05) is 37.0 Å². The molecule has 0 spiro atoms. The Morgan fingerprint density at radius 2 is 2.02 bits per heavy atom. The van der Waals surface area contributed by atoms with Gasteiger partial charge in [0.15, 0.2) is 0 Å². The molecule has 0 fully saturated rings. The molecule has 0 saturated carbocycles. The molecule has 11 nitrogen and oxygen atoms in total. The molecule has 0 saturated heterocycles. The number of halogens is 2. The molecule has 1 aromatic carbocycles. The summed E-state index contributed by atoms with van der Waals surface area (Å²) in [5.74, 6) is -1.48. The number of aliphatic hydroxyl groups excluding tert-OH is 2. The fourth-order valence-corrected chi connectivity index (χ4v) is 4.58. The van der Waals surface area contributed by atoms with Gasteiger partial charge in [-0.15, -0.1) is 0 Å². The predicted octanol–water partition coefficient (Wildman–Crippen LogP) is 3.31. The number of anilines is 1. The number of aliphatic hydroxyl groups is 2. The average Bonchev–Trinajstić information content (AvgIpc) is 3.37. The maximum atomic E-state index is 14.1. The van der Waals surface area contributed by atoms with Gasteiger partial charge in [0.05, 0.1) is 30.6 Å². The van der Waals surface area contributed by atoms with Gasteiger partial charge in [-0.25, -0.2) is 14.4 Å². The summed E-state index contributed by atoms with van der Waals surface area (Å²) in [6, 6.07) is 3.13. The van der Waals surface area contributed by atoms with Crippen LogP contribution in [-0.4, -0.2) is 73.8 Å². The first-order valence-corrected chi connectivity index (χ1v) is 12.8. The molecule has 13 heteroatoms. The fraction of sp³-hybridized carbons (Fsp3) is 0.333. The summed E-state index contributed by atoms with van der Waals surface area (Å²) in [5, 5.41) is 25.4. The number of nitrogens with zero attached hydrogens (tertiary/aromatic N) is 4. The van der Waals surface area contributed by atoms with Gasteiger partial charge in [-0.1, -0.05) is 18.2 Å². The lowest BCUT2D eigenvalue weighted by molar-refractivity contribution is -0.126. The summed E-state index contributed by atoms with van der Waals surface area (Å²) >= 11 is 6.36. The number of rotatable bonds is 10. The van der Waals surface area contributed by atoms with Crippen molar-refractivity contribution in [3.05, 3.63) is 71.1 Å². The molecule has 2 amide bonds. The van der Waals surface area contributed by atoms with Gasteiger partial charge < -0.3 is 35.1 Å². The second kappa shape index (κ2) is 11.9. The zero-order chi connectivity index (χ0) is 29.1. The lowest BCUT2D eigenvalue weighted by Crippen LogP contribution is -2.52. The molecule has 3 heterocycles. The van der Waals surface area contributed by atoms with Gasteiger partial charge in [0.25, 0.3) is 5.91 Å². The first kappa shape index (κ1) is 28.8. The van der Waals surface area contributed by atoms with E-state index >= 15 is 0 Å². The van der Waals surface area contributed by atoms with Crippen molar-refractivity contribution in [2.75, 3.05) is 25.6 Å². The molecule has 0 aliphatic carbocycles. The van der Waals surface area contributed by atoms with Gasteiger partial charge in [-0.3, -0.25) is 9.59 Å². The summed E-state index contributed by atoms with van der Waals surface area (Å²) < 4.78 is 20.9. The number of carbonyl (C=O) groups excluding carboxylic acids is 2.